The molecule has 110 valence electrons. The van der Waals surface area contributed by atoms with E-state index in [9.17, 15) is 4.79 Å². The van der Waals surface area contributed by atoms with Gasteiger partial charge in [-0.15, -0.1) is 0 Å². The normalized spacial score (nSPS) is 10.4. The SMILES string of the molecule is O=C(O)Cc1cc(Cl)cc(Cl)c1OCCc1ccccc1. The number of ether oxygens (including phenoxy) is 1. The highest BCUT2D eigenvalue weighted by atomic mass is 35.5. The Balaban J connectivity index is 2.09. The lowest BCUT2D eigenvalue weighted by Gasteiger charge is -2.13. The van der Waals surface area contributed by atoms with E-state index in [0.717, 1.165) is 5.56 Å². The van der Waals surface area contributed by atoms with Gasteiger partial charge in [0.15, 0.2) is 0 Å². The van der Waals surface area contributed by atoms with Crippen LogP contribution in [0.5, 0.6) is 5.75 Å². The lowest BCUT2D eigenvalue weighted by atomic mass is 10.1. The highest BCUT2D eigenvalue weighted by Crippen LogP contribution is 2.33. The molecule has 0 bridgehead atoms. The van der Waals surface area contributed by atoms with Crippen LogP contribution in [-0.2, 0) is 17.6 Å². The molecule has 0 aromatic heterocycles. The number of carboxylic acid groups (broad SMARTS) is 1. The fraction of sp³-hybridized carbons (Fsp3) is 0.188. The standard InChI is InChI=1S/C16H14Cl2O3/c17-13-8-12(9-15(19)20)16(14(18)10-13)21-7-6-11-4-2-1-3-5-11/h1-5,8,10H,6-7,9H2,(H,19,20). The van der Waals surface area contributed by atoms with Crippen LogP contribution in [0.3, 0.4) is 0 Å². The van der Waals surface area contributed by atoms with Crippen molar-refractivity contribution in [3.63, 3.8) is 0 Å². The van der Waals surface area contributed by atoms with Gasteiger partial charge in [-0.1, -0.05) is 53.5 Å². The summed E-state index contributed by atoms with van der Waals surface area (Å²) in [5, 5.41) is 9.66. The average Bonchev–Trinajstić information content (AvgIpc) is 2.42. The fourth-order valence-corrected chi connectivity index (χ4v) is 2.58. The van der Waals surface area contributed by atoms with E-state index in [1.807, 2.05) is 30.3 Å². The van der Waals surface area contributed by atoms with Crippen LogP contribution in [0.2, 0.25) is 10.0 Å². The van der Waals surface area contributed by atoms with E-state index in [4.69, 9.17) is 33.0 Å². The summed E-state index contributed by atoms with van der Waals surface area (Å²) < 4.78 is 5.67. The third kappa shape index (κ3) is 4.66. The van der Waals surface area contributed by atoms with E-state index in [1.54, 1.807) is 12.1 Å². The Morgan fingerprint density at radius 3 is 2.52 bits per heavy atom. The molecule has 0 heterocycles. The molecule has 5 heteroatoms. The molecular weight excluding hydrogens is 311 g/mol. The van der Waals surface area contributed by atoms with E-state index in [2.05, 4.69) is 0 Å². The highest BCUT2D eigenvalue weighted by Gasteiger charge is 2.13. The van der Waals surface area contributed by atoms with Crippen LogP contribution < -0.4 is 4.74 Å². The first-order valence-corrected chi connectivity index (χ1v) is 7.18. The number of hydrogen-bond donors (Lipinski definition) is 1. The lowest BCUT2D eigenvalue weighted by molar-refractivity contribution is -0.136. The van der Waals surface area contributed by atoms with Crippen molar-refractivity contribution in [3.8, 4) is 5.75 Å². The summed E-state index contributed by atoms with van der Waals surface area (Å²) in [4.78, 5) is 10.9. The number of carbonyl (C=O) groups is 1. The molecule has 0 atom stereocenters. The topological polar surface area (TPSA) is 46.5 Å². The predicted octanol–water partition coefficient (Wildman–Crippen LogP) is 4.24. The average molecular weight is 325 g/mol. The summed E-state index contributed by atoms with van der Waals surface area (Å²) in [5.41, 5.74) is 1.62. The minimum Gasteiger partial charge on any atom is -0.491 e. The van der Waals surface area contributed by atoms with Gasteiger partial charge in [-0.3, -0.25) is 4.79 Å². The van der Waals surface area contributed by atoms with Crippen LogP contribution >= 0.6 is 23.2 Å². The Morgan fingerprint density at radius 2 is 1.86 bits per heavy atom. The molecule has 0 aliphatic carbocycles. The zero-order valence-electron chi connectivity index (χ0n) is 11.2. The van der Waals surface area contributed by atoms with Gasteiger partial charge in [-0.05, 0) is 17.7 Å². The molecule has 0 radical (unpaired) electrons. The van der Waals surface area contributed by atoms with Gasteiger partial charge < -0.3 is 9.84 Å². The lowest BCUT2D eigenvalue weighted by Crippen LogP contribution is -2.07. The molecule has 1 N–H and O–H groups in total. The maximum atomic E-state index is 10.9. The number of hydrogen-bond acceptors (Lipinski definition) is 2. The summed E-state index contributed by atoms with van der Waals surface area (Å²) >= 11 is 12.0. The smallest absolute Gasteiger partial charge is 0.307 e. The molecule has 2 rings (SSSR count). The second kappa shape index (κ2) is 7.34. The quantitative estimate of drug-likeness (QED) is 0.864. The summed E-state index contributed by atoms with van der Waals surface area (Å²) in [6, 6.07) is 13.0. The van der Waals surface area contributed by atoms with Gasteiger partial charge in [0.2, 0.25) is 0 Å². The molecule has 0 aliphatic rings. The molecule has 0 saturated heterocycles. The van der Waals surface area contributed by atoms with Crippen LogP contribution in [-0.4, -0.2) is 17.7 Å². The largest absolute Gasteiger partial charge is 0.491 e. The summed E-state index contributed by atoms with van der Waals surface area (Å²) in [6.45, 7) is 0.415. The van der Waals surface area contributed by atoms with Crippen LogP contribution in [0.25, 0.3) is 0 Å². The summed E-state index contributed by atoms with van der Waals surface area (Å²) in [6.07, 6.45) is 0.535. The molecule has 0 aliphatic heterocycles. The third-order valence-electron chi connectivity index (χ3n) is 2.91. The van der Waals surface area contributed by atoms with E-state index < -0.39 is 5.97 Å². The number of aliphatic carboxylic acids is 1. The van der Waals surface area contributed by atoms with Crippen molar-refractivity contribution in [1.29, 1.82) is 0 Å². The van der Waals surface area contributed by atoms with Crippen molar-refractivity contribution in [2.45, 2.75) is 12.8 Å². The molecule has 21 heavy (non-hydrogen) atoms. The molecule has 0 fully saturated rings. The highest BCUT2D eigenvalue weighted by molar-refractivity contribution is 6.35. The first kappa shape index (κ1) is 15.7. The van der Waals surface area contributed by atoms with Crippen LogP contribution in [0.1, 0.15) is 11.1 Å². The van der Waals surface area contributed by atoms with Crippen molar-refractivity contribution in [2.75, 3.05) is 6.61 Å². The van der Waals surface area contributed by atoms with E-state index in [-0.39, 0.29) is 6.42 Å². The fourth-order valence-electron chi connectivity index (χ4n) is 1.99. The molecule has 0 spiro atoms. The zero-order valence-corrected chi connectivity index (χ0v) is 12.7. The third-order valence-corrected chi connectivity index (χ3v) is 3.41. The van der Waals surface area contributed by atoms with Gasteiger partial charge >= 0.3 is 5.97 Å². The monoisotopic (exact) mass is 324 g/mol. The maximum Gasteiger partial charge on any atom is 0.307 e. The maximum absolute atomic E-state index is 10.9. The van der Waals surface area contributed by atoms with Crippen molar-refractivity contribution < 1.29 is 14.6 Å². The van der Waals surface area contributed by atoms with Crippen molar-refractivity contribution in [1.82, 2.24) is 0 Å². The minimum absolute atomic E-state index is 0.180. The number of rotatable bonds is 6. The second-order valence-corrected chi connectivity index (χ2v) is 5.37. The van der Waals surface area contributed by atoms with Gasteiger partial charge in [0.1, 0.15) is 5.75 Å². The number of halogens is 2. The van der Waals surface area contributed by atoms with Gasteiger partial charge in [0.25, 0.3) is 0 Å². The first-order chi connectivity index (χ1) is 10.1. The Hall–Kier alpha value is -1.71. The Kier molecular flexibility index (Phi) is 5.48. The van der Waals surface area contributed by atoms with Gasteiger partial charge in [0, 0.05) is 17.0 Å². The summed E-state index contributed by atoms with van der Waals surface area (Å²) in [7, 11) is 0. The Morgan fingerprint density at radius 1 is 1.14 bits per heavy atom. The van der Waals surface area contributed by atoms with Gasteiger partial charge in [-0.2, -0.15) is 0 Å². The molecule has 0 amide bonds. The Bertz CT molecular complexity index is 627. The van der Waals surface area contributed by atoms with Crippen molar-refractivity contribution >= 4 is 29.2 Å². The van der Waals surface area contributed by atoms with Crippen LogP contribution in [0, 0.1) is 0 Å². The predicted molar refractivity (Wildman–Crippen MR) is 83.4 cm³/mol. The van der Waals surface area contributed by atoms with Crippen LogP contribution in [0.4, 0.5) is 0 Å². The molecule has 0 saturated carbocycles. The Labute approximate surface area is 133 Å². The molecule has 2 aromatic rings. The zero-order chi connectivity index (χ0) is 15.2. The van der Waals surface area contributed by atoms with E-state index in [0.29, 0.717) is 34.4 Å². The van der Waals surface area contributed by atoms with E-state index >= 15 is 0 Å². The number of benzene rings is 2. The van der Waals surface area contributed by atoms with E-state index in [1.165, 1.54) is 0 Å². The van der Waals surface area contributed by atoms with Crippen molar-refractivity contribution in [3.05, 3.63) is 63.6 Å². The first-order valence-electron chi connectivity index (χ1n) is 6.42. The molecule has 3 nitrogen and oxygen atoms in total. The van der Waals surface area contributed by atoms with Gasteiger partial charge in [0.05, 0.1) is 18.1 Å². The molecule has 0 unspecified atom stereocenters. The molecule has 2 aromatic carbocycles. The minimum atomic E-state index is -0.957. The number of carboxylic acids is 1. The summed E-state index contributed by atoms with van der Waals surface area (Å²) in [5.74, 6) is -0.569. The molecular formula is C16H14Cl2O3. The van der Waals surface area contributed by atoms with Crippen molar-refractivity contribution in [2.24, 2.45) is 0 Å². The second-order valence-electron chi connectivity index (χ2n) is 4.53. The van der Waals surface area contributed by atoms with Gasteiger partial charge in [-0.25, -0.2) is 0 Å². The van der Waals surface area contributed by atoms with Crippen LogP contribution in [0.15, 0.2) is 42.5 Å².